The number of carbonyl (C=O) groups excluding carboxylic acids is 2. The summed E-state index contributed by atoms with van der Waals surface area (Å²) in [5.74, 6) is -1.93. The van der Waals surface area contributed by atoms with Gasteiger partial charge in [0.1, 0.15) is 5.75 Å². The molecule has 0 radical (unpaired) electrons. The summed E-state index contributed by atoms with van der Waals surface area (Å²) in [6.07, 6.45) is -2.89. The number of allylic oxidation sites excluding steroid dienone is 1. The highest BCUT2D eigenvalue weighted by Crippen LogP contribution is 2.31. The van der Waals surface area contributed by atoms with Crippen molar-refractivity contribution in [3.8, 4) is 5.75 Å². The SMILES string of the molecule is CC.NC(=O)C(=O)/C=C(\N)CCCOc1cccc(C(F)(F)F)c1. The molecule has 24 heavy (non-hydrogen) atoms. The van der Waals surface area contributed by atoms with Crippen molar-refractivity contribution in [2.24, 2.45) is 11.5 Å². The molecular formula is C16H21F3N2O3. The molecule has 0 atom stereocenters. The Labute approximate surface area is 138 Å². The Balaban J connectivity index is 0.00000254. The number of hydrogen-bond donors (Lipinski definition) is 2. The molecule has 1 aromatic carbocycles. The van der Waals surface area contributed by atoms with Crippen molar-refractivity contribution in [2.75, 3.05) is 6.61 Å². The van der Waals surface area contributed by atoms with Gasteiger partial charge in [-0.05, 0) is 31.0 Å². The average molecular weight is 346 g/mol. The first-order chi connectivity index (χ1) is 11.2. The van der Waals surface area contributed by atoms with Crippen LogP contribution >= 0.6 is 0 Å². The molecule has 0 unspecified atom stereocenters. The van der Waals surface area contributed by atoms with Crippen LogP contribution in [0, 0.1) is 0 Å². The summed E-state index contributed by atoms with van der Waals surface area (Å²) in [7, 11) is 0. The molecule has 0 fully saturated rings. The van der Waals surface area contributed by atoms with Crippen LogP contribution in [0.2, 0.25) is 0 Å². The van der Waals surface area contributed by atoms with Gasteiger partial charge in [0.2, 0.25) is 5.78 Å². The van der Waals surface area contributed by atoms with Crippen molar-refractivity contribution in [1.82, 2.24) is 0 Å². The molecule has 0 aliphatic heterocycles. The van der Waals surface area contributed by atoms with Crippen LogP contribution in [0.4, 0.5) is 13.2 Å². The smallest absolute Gasteiger partial charge is 0.416 e. The van der Waals surface area contributed by atoms with Gasteiger partial charge >= 0.3 is 6.18 Å². The van der Waals surface area contributed by atoms with Gasteiger partial charge in [0.25, 0.3) is 5.91 Å². The van der Waals surface area contributed by atoms with Crippen LogP contribution in [0.3, 0.4) is 0 Å². The third-order valence-corrected chi connectivity index (χ3v) is 2.60. The molecule has 0 aliphatic carbocycles. The fraction of sp³-hybridized carbons (Fsp3) is 0.375. The van der Waals surface area contributed by atoms with E-state index in [1.54, 1.807) is 0 Å². The Hall–Kier alpha value is -2.51. The number of carbonyl (C=O) groups is 2. The first-order valence-corrected chi connectivity index (χ1v) is 7.30. The molecule has 0 aliphatic rings. The minimum atomic E-state index is -4.43. The fourth-order valence-electron chi connectivity index (χ4n) is 1.54. The summed E-state index contributed by atoms with van der Waals surface area (Å²) in [6.45, 7) is 4.11. The van der Waals surface area contributed by atoms with E-state index in [2.05, 4.69) is 0 Å². The summed E-state index contributed by atoms with van der Waals surface area (Å²) < 4.78 is 42.7. The number of halogens is 3. The molecule has 1 amide bonds. The molecule has 0 heterocycles. The van der Waals surface area contributed by atoms with E-state index in [0.29, 0.717) is 6.42 Å². The van der Waals surface area contributed by atoms with Crippen LogP contribution in [0.5, 0.6) is 5.75 Å². The minimum absolute atomic E-state index is 0.0885. The first kappa shape index (κ1) is 21.5. The van der Waals surface area contributed by atoms with Crippen LogP contribution in [-0.4, -0.2) is 18.3 Å². The van der Waals surface area contributed by atoms with E-state index in [0.717, 1.165) is 18.2 Å². The second-order valence-corrected chi connectivity index (χ2v) is 4.43. The predicted octanol–water partition coefficient (Wildman–Crippen LogP) is 2.79. The third-order valence-electron chi connectivity index (χ3n) is 2.60. The number of rotatable bonds is 7. The van der Waals surface area contributed by atoms with E-state index < -0.39 is 23.4 Å². The van der Waals surface area contributed by atoms with Gasteiger partial charge in [0, 0.05) is 11.8 Å². The van der Waals surface area contributed by atoms with Gasteiger partial charge in [0.15, 0.2) is 0 Å². The van der Waals surface area contributed by atoms with E-state index in [9.17, 15) is 22.8 Å². The van der Waals surface area contributed by atoms with Crippen molar-refractivity contribution >= 4 is 11.7 Å². The maximum Gasteiger partial charge on any atom is 0.416 e. The van der Waals surface area contributed by atoms with E-state index in [1.807, 2.05) is 13.8 Å². The number of alkyl halides is 3. The van der Waals surface area contributed by atoms with Crippen LogP contribution in [0.15, 0.2) is 36.0 Å². The number of hydrogen-bond acceptors (Lipinski definition) is 4. The van der Waals surface area contributed by atoms with Gasteiger partial charge in [-0.2, -0.15) is 13.2 Å². The number of primary amides is 1. The van der Waals surface area contributed by atoms with E-state index in [4.69, 9.17) is 16.2 Å². The monoisotopic (exact) mass is 346 g/mol. The van der Waals surface area contributed by atoms with Gasteiger partial charge < -0.3 is 16.2 Å². The van der Waals surface area contributed by atoms with Gasteiger partial charge in [0.05, 0.1) is 12.2 Å². The summed E-state index contributed by atoms with van der Waals surface area (Å²) in [5.41, 5.74) is 9.61. The van der Waals surface area contributed by atoms with Crippen molar-refractivity contribution in [2.45, 2.75) is 32.9 Å². The maximum atomic E-state index is 12.5. The van der Waals surface area contributed by atoms with E-state index >= 15 is 0 Å². The Morgan fingerprint density at radius 3 is 2.38 bits per heavy atom. The maximum absolute atomic E-state index is 12.5. The van der Waals surface area contributed by atoms with Gasteiger partial charge in [-0.1, -0.05) is 19.9 Å². The van der Waals surface area contributed by atoms with E-state index in [-0.39, 0.29) is 24.5 Å². The molecule has 1 aromatic rings. The molecule has 0 bridgehead atoms. The molecule has 0 saturated carbocycles. The van der Waals surface area contributed by atoms with Crippen LogP contribution in [0.25, 0.3) is 0 Å². The number of benzene rings is 1. The zero-order chi connectivity index (χ0) is 18.8. The lowest BCUT2D eigenvalue weighted by molar-refractivity contribution is -0.137. The summed E-state index contributed by atoms with van der Waals surface area (Å²) >= 11 is 0. The highest BCUT2D eigenvalue weighted by molar-refractivity contribution is 6.40. The topological polar surface area (TPSA) is 95.4 Å². The summed E-state index contributed by atoms with van der Waals surface area (Å²) in [6, 6.07) is 4.50. The van der Waals surface area contributed by atoms with Gasteiger partial charge in [-0.15, -0.1) is 0 Å². The number of ketones is 1. The molecule has 1 rings (SSSR count). The lowest BCUT2D eigenvalue weighted by Crippen LogP contribution is -2.22. The highest BCUT2D eigenvalue weighted by atomic mass is 19.4. The zero-order valence-corrected chi connectivity index (χ0v) is 13.5. The highest BCUT2D eigenvalue weighted by Gasteiger charge is 2.30. The lowest BCUT2D eigenvalue weighted by atomic mass is 10.2. The van der Waals surface area contributed by atoms with Crippen LogP contribution in [-0.2, 0) is 15.8 Å². The molecule has 4 N–H and O–H groups in total. The number of ether oxygens (including phenoxy) is 1. The molecule has 0 aromatic heterocycles. The molecular weight excluding hydrogens is 325 g/mol. The van der Waals surface area contributed by atoms with Crippen molar-refractivity contribution in [3.05, 3.63) is 41.6 Å². The standard InChI is InChI=1S/C14H15F3N2O3.C2H6/c15-14(16,17)9-3-1-5-11(7-9)22-6-2-4-10(18)8-12(20)13(19)21;1-2/h1,3,5,7-8H,2,4,6,18H2,(H2,19,21);1-2H3/b10-8-;. The molecule has 134 valence electrons. The van der Waals surface area contributed by atoms with Crippen molar-refractivity contribution < 1.29 is 27.5 Å². The first-order valence-electron chi connectivity index (χ1n) is 7.30. The number of amides is 1. The quantitative estimate of drug-likeness (QED) is 0.451. The van der Waals surface area contributed by atoms with Crippen molar-refractivity contribution in [3.63, 3.8) is 0 Å². The molecule has 5 nitrogen and oxygen atoms in total. The van der Waals surface area contributed by atoms with Gasteiger partial charge in [-0.3, -0.25) is 9.59 Å². The zero-order valence-electron chi connectivity index (χ0n) is 13.5. The second-order valence-electron chi connectivity index (χ2n) is 4.43. The van der Waals surface area contributed by atoms with Crippen LogP contribution < -0.4 is 16.2 Å². The lowest BCUT2D eigenvalue weighted by Gasteiger charge is -2.10. The minimum Gasteiger partial charge on any atom is -0.494 e. The van der Waals surface area contributed by atoms with Gasteiger partial charge in [-0.25, -0.2) is 0 Å². The van der Waals surface area contributed by atoms with E-state index in [1.165, 1.54) is 12.1 Å². The molecule has 8 heteroatoms. The average Bonchev–Trinajstić information content (AvgIpc) is 2.53. The largest absolute Gasteiger partial charge is 0.494 e. The van der Waals surface area contributed by atoms with Crippen molar-refractivity contribution in [1.29, 1.82) is 0 Å². The Kier molecular flexibility index (Phi) is 9.22. The Morgan fingerprint density at radius 2 is 1.83 bits per heavy atom. The normalized spacial score (nSPS) is 11.3. The third kappa shape index (κ3) is 8.21. The Morgan fingerprint density at radius 1 is 1.21 bits per heavy atom. The predicted molar refractivity (Wildman–Crippen MR) is 84.0 cm³/mol. The number of nitrogens with two attached hydrogens (primary N) is 2. The summed E-state index contributed by atoms with van der Waals surface area (Å²) in [5, 5.41) is 0. The molecule has 0 spiro atoms. The fourth-order valence-corrected chi connectivity index (χ4v) is 1.54. The Bertz CT molecular complexity index is 584. The van der Waals surface area contributed by atoms with Crippen LogP contribution in [0.1, 0.15) is 32.3 Å². The molecule has 0 saturated heterocycles. The second kappa shape index (κ2) is 10.3. The summed E-state index contributed by atoms with van der Waals surface area (Å²) in [4.78, 5) is 21.5.